The molecule has 0 saturated heterocycles. The van der Waals surface area contributed by atoms with Crippen LogP contribution in [0.3, 0.4) is 0 Å². The van der Waals surface area contributed by atoms with Crippen LogP contribution in [0.15, 0.2) is 15.5 Å². The lowest BCUT2D eigenvalue weighted by Gasteiger charge is -1.94. The van der Waals surface area contributed by atoms with E-state index < -0.39 is 6.29 Å². The van der Waals surface area contributed by atoms with E-state index in [4.69, 9.17) is 10.2 Å². The molecule has 0 saturated carbocycles. The van der Waals surface area contributed by atoms with Crippen molar-refractivity contribution in [3.05, 3.63) is 20.3 Å². The molecule has 0 amide bonds. The first-order chi connectivity index (χ1) is 6.09. The molecule has 0 aromatic carbocycles. The smallest absolute Gasteiger partial charge is 0.171 e. The monoisotopic (exact) mass is 263 g/mol. The molecule has 72 valence electrons. The average Bonchev–Trinajstić information content (AvgIpc) is 2.30. The summed E-state index contributed by atoms with van der Waals surface area (Å²) < 4.78 is 1.06. The van der Waals surface area contributed by atoms with Gasteiger partial charge >= 0.3 is 0 Å². The molecule has 0 spiro atoms. The van der Waals surface area contributed by atoms with Gasteiger partial charge in [-0.2, -0.15) is 0 Å². The summed E-state index contributed by atoms with van der Waals surface area (Å²) in [6.07, 6.45) is 0.280. The molecule has 13 heavy (non-hydrogen) atoms. The topological polar surface area (TPSA) is 52.8 Å². The predicted molar refractivity (Wildman–Crippen MR) is 57.4 cm³/mol. The Morgan fingerprint density at radius 1 is 1.69 bits per heavy atom. The Morgan fingerprint density at radius 2 is 2.38 bits per heavy atom. The maximum Gasteiger partial charge on any atom is 0.171 e. The highest BCUT2D eigenvalue weighted by Gasteiger charge is 1.99. The fourth-order valence-corrected chi connectivity index (χ4v) is 2.24. The Hall–Kier alpha value is -0.230. The van der Waals surface area contributed by atoms with E-state index in [-0.39, 0.29) is 6.54 Å². The van der Waals surface area contributed by atoms with Gasteiger partial charge in [-0.15, -0.1) is 11.3 Å². The molecule has 1 heterocycles. The number of halogens is 1. The molecular formula is C8H10BrNO2S. The summed E-state index contributed by atoms with van der Waals surface area (Å²) in [6.45, 7) is 2.03. The van der Waals surface area contributed by atoms with Crippen molar-refractivity contribution in [2.45, 2.75) is 13.2 Å². The first-order valence-electron chi connectivity index (χ1n) is 3.71. The van der Waals surface area contributed by atoms with Gasteiger partial charge in [-0.05, 0) is 28.9 Å². The van der Waals surface area contributed by atoms with Gasteiger partial charge in [0.2, 0.25) is 0 Å². The molecule has 0 aliphatic carbocycles. The molecule has 0 atom stereocenters. The highest BCUT2D eigenvalue weighted by molar-refractivity contribution is 9.10. The summed E-state index contributed by atoms with van der Waals surface area (Å²) in [5.41, 5.74) is 0. The number of aryl methyl sites for hydroxylation is 1. The number of nitrogens with zero attached hydrogens (tertiary/aromatic N) is 1. The second-order valence-electron chi connectivity index (χ2n) is 2.53. The van der Waals surface area contributed by atoms with Gasteiger partial charge in [0.25, 0.3) is 0 Å². The molecule has 0 aliphatic heterocycles. The molecule has 1 aromatic heterocycles. The van der Waals surface area contributed by atoms with Crippen LogP contribution in [-0.2, 0) is 0 Å². The maximum atomic E-state index is 8.53. The Labute approximate surface area is 88.9 Å². The lowest BCUT2D eigenvalue weighted by Crippen LogP contribution is -2.08. The average molecular weight is 264 g/mol. The Balaban J connectivity index is 2.59. The van der Waals surface area contributed by atoms with Crippen LogP contribution < -0.4 is 0 Å². The third kappa shape index (κ3) is 3.56. The molecule has 0 unspecified atom stereocenters. The Morgan fingerprint density at radius 3 is 2.85 bits per heavy atom. The molecule has 0 radical (unpaired) electrons. The van der Waals surface area contributed by atoms with Crippen molar-refractivity contribution in [1.82, 2.24) is 0 Å². The van der Waals surface area contributed by atoms with Crippen molar-refractivity contribution in [1.29, 1.82) is 0 Å². The number of thiophene rings is 1. The van der Waals surface area contributed by atoms with Crippen molar-refractivity contribution in [3.63, 3.8) is 0 Å². The zero-order chi connectivity index (χ0) is 9.84. The summed E-state index contributed by atoms with van der Waals surface area (Å²) in [5, 5.41) is 17.1. The molecular weight excluding hydrogens is 254 g/mol. The van der Waals surface area contributed by atoms with E-state index in [0.29, 0.717) is 0 Å². The van der Waals surface area contributed by atoms with E-state index in [1.165, 1.54) is 4.88 Å². The first kappa shape index (κ1) is 10.8. The van der Waals surface area contributed by atoms with Crippen LogP contribution in [0.25, 0.3) is 0 Å². The van der Waals surface area contributed by atoms with E-state index in [0.717, 1.165) is 9.35 Å². The van der Waals surface area contributed by atoms with E-state index in [9.17, 15) is 0 Å². The normalized spacial score (nSPS) is 11.8. The minimum absolute atomic E-state index is 0.0224. The fourth-order valence-electron chi connectivity index (χ4n) is 0.782. The molecule has 1 rings (SSSR count). The van der Waals surface area contributed by atoms with Gasteiger partial charge in [0.1, 0.15) is 0 Å². The van der Waals surface area contributed by atoms with Crippen molar-refractivity contribution >= 4 is 33.5 Å². The van der Waals surface area contributed by atoms with Gasteiger partial charge in [-0.1, -0.05) is 0 Å². The van der Waals surface area contributed by atoms with Gasteiger partial charge in [0.05, 0.1) is 6.54 Å². The standard InChI is InChI=1S/C8H10BrNO2S/c1-5-7(9)2-6(13-5)3-10-4-8(11)12/h2-3,8,11-12H,4H2,1H3. The molecule has 5 heteroatoms. The second kappa shape index (κ2) is 4.85. The number of aliphatic imine (C=N–C) groups is 1. The number of aliphatic hydroxyl groups is 2. The van der Waals surface area contributed by atoms with Crippen molar-refractivity contribution in [2.75, 3.05) is 6.54 Å². The SMILES string of the molecule is Cc1sc(C=NCC(O)O)cc1Br. The predicted octanol–water partition coefficient (Wildman–Crippen LogP) is 1.55. The Kier molecular flexibility index (Phi) is 4.05. The summed E-state index contributed by atoms with van der Waals surface area (Å²) in [7, 11) is 0. The van der Waals surface area contributed by atoms with Gasteiger partial charge in [-0.3, -0.25) is 4.99 Å². The molecule has 0 fully saturated rings. The van der Waals surface area contributed by atoms with Crippen LogP contribution in [0.1, 0.15) is 9.75 Å². The fraction of sp³-hybridized carbons (Fsp3) is 0.375. The second-order valence-corrected chi connectivity index (χ2v) is 4.67. The first-order valence-corrected chi connectivity index (χ1v) is 5.32. The van der Waals surface area contributed by atoms with Crippen LogP contribution in [-0.4, -0.2) is 29.3 Å². The van der Waals surface area contributed by atoms with Crippen molar-refractivity contribution < 1.29 is 10.2 Å². The lowest BCUT2D eigenvalue weighted by molar-refractivity contribution is -0.0303. The third-order valence-corrected chi connectivity index (χ3v) is 3.43. The third-order valence-electron chi connectivity index (χ3n) is 1.36. The molecule has 1 aromatic rings. The number of rotatable bonds is 3. The quantitative estimate of drug-likeness (QED) is 0.642. The molecule has 0 bridgehead atoms. The van der Waals surface area contributed by atoms with E-state index >= 15 is 0 Å². The van der Waals surface area contributed by atoms with Gasteiger partial charge in [0, 0.05) is 20.4 Å². The van der Waals surface area contributed by atoms with E-state index in [2.05, 4.69) is 20.9 Å². The van der Waals surface area contributed by atoms with Crippen LogP contribution in [0, 0.1) is 6.92 Å². The summed E-state index contributed by atoms with van der Waals surface area (Å²) in [4.78, 5) is 6.05. The lowest BCUT2D eigenvalue weighted by atomic mass is 10.4. The number of hydrogen-bond acceptors (Lipinski definition) is 4. The van der Waals surface area contributed by atoms with Crippen molar-refractivity contribution in [2.24, 2.45) is 4.99 Å². The zero-order valence-electron chi connectivity index (χ0n) is 7.07. The van der Waals surface area contributed by atoms with Crippen molar-refractivity contribution in [3.8, 4) is 0 Å². The Bertz CT molecular complexity index is 290. The molecule has 2 N–H and O–H groups in total. The number of hydrogen-bond donors (Lipinski definition) is 2. The van der Waals surface area contributed by atoms with Crippen LogP contribution >= 0.6 is 27.3 Å². The molecule has 3 nitrogen and oxygen atoms in total. The van der Waals surface area contributed by atoms with Crippen LogP contribution in [0.5, 0.6) is 0 Å². The van der Waals surface area contributed by atoms with E-state index in [1.807, 2.05) is 13.0 Å². The maximum absolute atomic E-state index is 8.53. The minimum atomic E-state index is -1.36. The van der Waals surface area contributed by atoms with Crippen LogP contribution in [0.2, 0.25) is 0 Å². The summed E-state index contributed by atoms with van der Waals surface area (Å²) in [6, 6.07) is 1.95. The molecule has 0 aliphatic rings. The summed E-state index contributed by atoms with van der Waals surface area (Å²) in [5.74, 6) is 0. The van der Waals surface area contributed by atoms with Gasteiger partial charge < -0.3 is 10.2 Å². The van der Waals surface area contributed by atoms with E-state index in [1.54, 1.807) is 17.6 Å². The highest BCUT2D eigenvalue weighted by atomic mass is 79.9. The zero-order valence-corrected chi connectivity index (χ0v) is 9.47. The summed E-state index contributed by atoms with van der Waals surface area (Å²) >= 11 is 4.99. The van der Waals surface area contributed by atoms with Gasteiger partial charge in [-0.25, -0.2) is 0 Å². The minimum Gasteiger partial charge on any atom is -0.367 e. The number of aliphatic hydroxyl groups excluding tert-OH is 1. The van der Waals surface area contributed by atoms with Crippen LogP contribution in [0.4, 0.5) is 0 Å². The van der Waals surface area contributed by atoms with Gasteiger partial charge in [0.15, 0.2) is 6.29 Å². The highest BCUT2D eigenvalue weighted by Crippen LogP contribution is 2.24. The largest absolute Gasteiger partial charge is 0.367 e.